The topological polar surface area (TPSA) is 55.8 Å². The summed E-state index contributed by atoms with van der Waals surface area (Å²) in [7, 11) is 0. The highest BCUT2D eigenvalue weighted by atomic mass is 19.1. The molecule has 1 aromatic rings. The number of carbonyl (C=O) groups is 2. The van der Waals surface area contributed by atoms with Crippen LogP contribution in [-0.4, -0.2) is 42.3 Å². The Bertz CT molecular complexity index is 494. The standard InChI is InChI=1S/C15H18FNO4/c1-2-20-14(18)13-8-12(16)9-17(13)15(19)21-10-11-6-4-3-5-7-11/h3-7,12-13H,2,8-10H2,1H3/t12-,13-/m0/s1. The van der Waals surface area contributed by atoms with Crippen LogP contribution < -0.4 is 0 Å². The van der Waals surface area contributed by atoms with Crippen LogP contribution in [0.3, 0.4) is 0 Å². The van der Waals surface area contributed by atoms with Crippen molar-refractivity contribution in [3.05, 3.63) is 35.9 Å². The molecule has 0 aromatic heterocycles. The summed E-state index contributed by atoms with van der Waals surface area (Å²) in [6.45, 7) is 1.80. The smallest absolute Gasteiger partial charge is 0.410 e. The minimum Gasteiger partial charge on any atom is -0.464 e. The van der Waals surface area contributed by atoms with Crippen LogP contribution >= 0.6 is 0 Å². The van der Waals surface area contributed by atoms with E-state index in [1.807, 2.05) is 30.3 Å². The molecule has 2 atom stereocenters. The molecule has 0 saturated carbocycles. The molecular formula is C15H18FNO4. The summed E-state index contributed by atoms with van der Waals surface area (Å²) in [5, 5.41) is 0. The second-order valence-electron chi connectivity index (χ2n) is 4.79. The maximum Gasteiger partial charge on any atom is 0.410 e. The summed E-state index contributed by atoms with van der Waals surface area (Å²) in [5.41, 5.74) is 0.828. The fourth-order valence-corrected chi connectivity index (χ4v) is 2.25. The molecule has 0 N–H and O–H groups in total. The number of ether oxygens (including phenoxy) is 2. The second kappa shape index (κ2) is 7.06. The molecule has 0 unspecified atom stereocenters. The molecule has 1 heterocycles. The largest absolute Gasteiger partial charge is 0.464 e. The fraction of sp³-hybridized carbons (Fsp3) is 0.467. The first kappa shape index (κ1) is 15.3. The molecule has 1 fully saturated rings. The lowest BCUT2D eigenvalue weighted by atomic mass is 10.2. The Hall–Kier alpha value is -2.11. The molecule has 0 aliphatic carbocycles. The van der Waals surface area contributed by atoms with Crippen LogP contribution in [0.25, 0.3) is 0 Å². The van der Waals surface area contributed by atoms with E-state index in [9.17, 15) is 14.0 Å². The van der Waals surface area contributed by atoms with Crippen molar-refractivity contribution in [3.8, 4) is 0 Å². The highest BCUT2D eigenvalue weighted by Gasteiger charge is 2.41. The highest BCUT2D eigenvalue weighted by molar-refractivity contribution is 5.82. The third-order valence-corrected chi connectivity index (χ3v) is 3.25. The van der Waals surface area contributed by atoms with E-state index in [4.69, 9.17) is 9.47 Å². The Morgan fingerprint density at radius 1 is 1.29 bits per heavy atom. The van der Waals surface area contributed by atoms with Crippen LogP contribution in [0.4, 0.5) is 9.18 Å². The number of likely N-dealkylation sites (tertiary alicyclic amines) is 1. The van der Waals surface area contributed by atoms with Crippen molar-refractivity contribution < 1.29 is 23.5 Å². The Labute approximate surface area is 122 Å². The number of halogens is 1. The number of hydrogen-bond donors (Lipinski definition) is 0. The average molecular weight is 295 g/mol. The normalized spacial score (nSPS) is 21.1. The van der Waals surface area contributed by atoms with Gasteiger partial charge in [-0.2, -0.15) is 0 Å². The Kier molecular flexibility index (Phi) is 5.14. The van der Waals surface area contributed by atoms with Gasteiger partial charge in [-0.05, 0) is 12.5 Å². The van der Waals surface area contributed by atoms with Gasteiger partial charge in [-0.1, -0.05) is 30.3 Å². The Morgan fingerprint density at radius 2 is 2.00 bits per heavy atom. The number of benzene rings is 1. The number of carbonyl (C=O) groups excluding carboxylic acids is 2. The van der Waals surface area contributed by atoms with Gasteiger partial charge in [0.15, 0.2) is 0 Å². The first-order valence-electron chi connectivity index (χ1n) is 6.89. The Morgan fingerprint density at radius 3 is 2.67 bits per heavy atom. The molecule has 2 rings (SSSR count). The number of alkyl halides is 1. The van der Waals surface area contributed by atoms with Crippen LogP contribution in [-0.2, 0) is 20.9 Å². The molecule has 1 aliphatic heterocycles. The number of rotatable bonds is 4. The highest BCUT2D eigenvalue weighted by Crippen LogP contribution is 2.22. The molecule has 1 saturated heterocycles. The van der Waals surface area contributed by atoms with Gasteiger partial charge in [0.25, 0.3) is 0 Å². The van der Waals surface area contributed by atoms with Crippen LogP contribution in [0.2, 0.25) is 0 Å². The molecule has 0 spiro atoms. The fourth-order valence-electron chi connectivity index (χ4n) is 2.25. The summed E-state index contributed by atoms with van der Waals surface area (Å²) in [4.78, 5) is 24.9. The summed E-state index contributed by atoms with van der Waals surface area (Å²) >= 11 is 0. The maximum atomic E-state index is 13.5. The van der Waals surface area contributed by atoms with E-state index in [1.165, 1.54) is 0 Å². The summed E-state index contributed by atoms with van der Waals surface area (Å²) < 4.78 is 23.5. The van der Waals surface area contributed by atoms with E-state index in [2.05, 4.69) is 0 Å². The Balaban J connectivity index is 1.94. The number of hydrogen-bond acceptors (Lipinski definition) is 4. The van der Waals surface area contributed by atoms with E-state index in [0.29, 0.717) is 0 Å². The quantitative estimate of drug-likeness (QED) is 0.800. The van der Waals surface area contributed by atoms with E-state index < -0.39 is 24.3 Å². The summed E-state index contributed by atoms with van der Waals surface area (Å²) in [6.07, 6.45) is -1.97. The van der Waals surface area contributed by atoms with Gasteiger partial charge in [0, 0.05) is 6.42 Å². The zero-order chi connectivity index (χ0) is 15.2. The zero-order valence-electron chi connectivity index (χ0n) is 11.8. The van der Waals surface area contributed by atoms with E-state index >= 15 is 0 Å². The minimum atomic E-state index is -1.23. The number of nitrogens with zero attached hydrogens (tertiary/aromatic N) is 1. The van der Waals surface area contributed by atoms with Gasteiger partial charge in [-0.3, -0.25) is 4.90 Å². The molecule has 21 heavy (non-hydrogen) atoms. The van der Waals surface area contributed by atoms with Gasteiger partial charge in [0.1, 0.15) is 18.8 Å². The van der Waals surface area contributed by atoms with Crippen molar-refractivity contribution in [2.75, 3.05) is 13.2 Å². The van der Waals surface area contributed by atoms with Crippen LogP contribution in [0, 0.1) is 0 Å². The van der Waals surface area contributed by atoms with Crippen molar-refractivity contribution in [2.24, 2.45) is 0 Å². The van der Waals surface area contributed by atoms with Crippen molar-refractivity contribution in [2.45, 2.75) is 32.2 Å². The van der Waals surface area contributed by atoms with Gasteiger partial charge >= 0.3 is 12.1 Å². The van der Waals surface area contributed by atoms with E-state index in [0.717, 1.165) is 10.5 Å². The predicted octanol–water partition coefficient (Wildman–Crippen LogP) is 2.30. The first-order valence-corrected chi connectivity index (χ1v) is 6.89. The number of esters is 1. The first-order chi connectivity index (χ1) is 10.1. The van der Waals surface area contributed by atoms with Crippen LogP contribution in [0.5, 0.6) is 0 Å². The molecule has 1 amide bonds. The summed E-state index contributed by atoms with van der Waals surface area (Å²) in [5.74, 6) is -0.589. The average Bonchev–Trinajstić information content (AvgIpc) is 2.88. The summed E-state index contributed by atoms with van der Waals surface area (Å²) in [6, 6.07) is 8.26. The zero-order valence-corrected chi connectivity index (χ0v) is 11.8. The van der Waals surface area contributed by atoms with Gasteiger partial charge < -0.3 is 9.47 Å². The van der Waals surface area contributed by atoms with Gasteiger partial charge in [-0.15, -0.1) is 0 Å². The maximum absolute atomic E-state index is 13.5. The molecular weight excluding hydrogens is 277 g/mol. The lowest BCUT2D eigenvalue weighted by molar-refractivity contribution is -0.148. The van der Waals surface area contributed by atoms with Crippen molar-refractivity contribution in [3.63, 3.8) is 0 Å². The van der Waals surface area contributed by atoms with Crippen molar-refractivity contribution in [1.29, 1.82) is 0 Å². The van der Waals surface area contributed by atoms with Crippen molar-refractivity contribution >= 4 is 12.1 Å². The molecule has 0 bridgehead atoms. The third-order valence-electron chi connectivity index (χ3n) is 3.25. The molecule has 1 aromatic carbocycles. The number of amides is 1. The molecule has 1 aliphatic rings. The molecule has 114 valence electrons. The molecule has 0 radical (unpaired) electrons. The lowest BCUT2D eigenvalue weighted by Gasteiger charge is -2.22. The van der Waals surface area contributed by atoms with E-state index in [1.54, 1.807) is 6.92 Å². The second-order valence-corrected chi connectivity index (χ2v) is 4.79. The SMILES string of the molecule is CCOC(=O)[C@@H]1C[C@H](F)CN1C(=O)OCc1ccccc1. The van der Waals surface area contributed by atoms with Gasteiger partial charge in [-0.25, -0.2) is 14.0 Å². The monoisotopic (exact) mass is 295 g/mol. The van der Waals surface area contributed by atoms with Crippen molar-refractivity contribution in [1.82, 2.24) is 4.90 Å². The van der Waals surface area contributed by atoms with Gasteiger partial charge in [0.2, 0.25) is 0 Å². The predicted molar refractivity (Wildman–Crippen MR) is 73.3 cm³/mol. The molecule has 6 heteroatoms. The minimum absolute atomic E-state index is 0.0424. The van der Waals surface area contributed by atoms with E-state index in [-0.39, 0.29) is 26.2 Å². The third kappa shape index (κ3) is 3.93. The molecule has 5 nitrogen and oxygen atoms in total. The van der Waals surface area contributed by atoms with Gasteiger partial charge in [0.05, 0.1) is 13.2 Å². The van der Waals surface area contributed by atoms with Crippen LogP contribution in [0.1, 0.15) is 18.9 Å². The van der Waals surface area contributed by atoms with Crippen LogP contribution in [0.15, 0.2) is 30.3 Å². The lowest BCUT2D eigenvalue weighted by Crippen LogP contribution is -2.41.